The molecule has 2 saturated heterocycles. The molecule has 3 heterocycles. The Hall–Kier alpha value is -1.71. The third-order valence-electron chi connectivity index (χ3n) is 4.09. The molecule has 3 rings (SSSR count). The summed E-state index contributed by atoms with van der Waals surface area (Å²) in [6.45, 7) is 0.186. The average Bonchev–Trinajstić information content (AvgIpc) is 3.19. The number of thioether (sulfide) groups is 1. The van der Waals surface area contributed by atoms with Crippen molar-refractivity contribution < 1.29 is 19.5 Å². The summed E-state index contributed by atoms with van der Waals surface area (Å²) in [4.78, 5) is 40.5. The molecule has 2 aliphatic heterocycles. The molecule has 1 N–H and O–H groups in total. The fourth-order valence-electron chi connectivity index (χ4n) is 2.85. The number of carboxylic acid groups (broad SMARTS) is 1. The van der Waals surface area contributed by atoms with E-state index in [0.29, 0.717) is 22.2 Å². The second kappa shape index (κ2) is 7.67. The van der Waals surface area contributed by atoms with E-state index in [2.05, 4.69) is 0 Å². The number of carbonyl (C=O) groups is 3. The molecule has 2 fully saturated rings. The monoisotopic (exact) mass is 396 g/mol. The molecular formula is C16H16N2O4S3. The van der Waals surface area contributed by atoms with Crippen LogP contribution in [0.2, 0.25) is 0 Å². The SMILES string of the molecule is O=C(O)C1CCCCN1C(=O)CN1C(=O)C(=Cc2cccs2)SC1=S. The summed E-state index contributed by atoms with van der Waals surface area (Å²) < 4.78 is 0.324. The summed E-state index contributed by atoms with van der Waals surface area (Å²) in [5.74, 6) is -1.68. The van der Waals surface area contributed by atoms with Crippen LogP contribution in [0.4, 0.5) is 0 Å². The van der Waals surface area contributed by atoms with Crippen molar-refractivity contribution in [2.24, 2.45) is 0 Å². The van der Waals surface area contributed by atoms with Crippen molar-refractivity contribution >= 4 is 63.5 Å². The fraction of sp³-hybridized carbons (Fsp3) is 0.375. The minimum Gasteiger partial charge on any atom is -0.480 e. The van der Waals surface area contributed by atoms with Gasteiger partial charge in [-0.2, -0.15) is 0 Å². The van der Waals surface area contributed by atoms with E-state index in [4.69, 9.17) is 12.2 Å². The molecule has 0 spiro atoms. The number of nitrogens with zero attached hydrogens (tertiary/aromatic N) is 2. The van der Waals surface area contributed by atoms with Crippen LogP contribution < -0.4 is 0 Å². The maximum absolute atomic E-state index is 12.6. The quantitative estimate of drug-likeness (QED) is 0.622. The summed E-state index contributed by atoms with van der Waals surface area (Å²) in [5.41, 5.74) is 0. The minimum atomic E-state index is -1.00. The second-order valence-electron chi connectivity index (χ2n) is 5.72. The largest absolute Gasteiger partial charge is 0.480 e. The van der Waals surface area contributed by atoms with Gasteiger partial charge in [-0.1, -0.05) is 30.0 Å². The molecule has 2 amide bonds. The summed E-state index contributed by atoms with van der Waals surface area (Å²) in [6, 6.07) is 2.97. The van der Waals surface area contributed by atoms with Crippen LogP contribution in [0.3, 0.4) is 0 Å². The molecule has 0 bridgehead atoms. The third-order valence-corrected chi connectivity index (χ3v) is 6.29. The lowest BCUT2D eigenvalue weighted by atomic mass is 10.0. The highest BCUT2D eigenvalue weighted by atomic mass is 32.2. The van der Waals surface area contributed by atoms with Crippen LogP contribution >= 0.6 is 35.3 Å². The number of carbonyl (C=O) groups excluding carboxylic acids is 2. The van der Waals surface area contributed by atoms with Gasteiger partial charge in [0.05, 0.1) is 4.91 Å². The van der Waals surface area contributed by atoms with E-state index in [-0.39, 0.29) is 18.4 Å². The molecule has 0 aromatic carbocycles. The number of thiophene rings is 1. The summed E-state index contributed by atoms with van der Waals surface area (Å²) in [5, 5.41) is 11.2. The molecule has 25 heavy (non-hydrogen) atoms. The van der Waals surface area contributed by atoms with Gasteiger partial charge in [0.2, 0.25) is 5.91 Å². The predicted molar refractivity (Wildman–Crippen MR) is 101 cm³/mol. The van der Waals surface area contributed by atoms with Gasteiger partial charge in [0, 0.05) is 11.4 Å². The van der Waals surface area contributed by atoms with Crippen molar-refractivity contribution in [2.75, 3.05) is 13.1 Å². The first-order valence-corrected chi connectivity index (χ1v) is 9.89. The van der Waals surface area contributed by atoms with Gasteiger partial charge in [0.1, 0.15) is 16.9 Å². The van der Waals surface area contributed by atoms with E-state index < -0.39 is 12.0 Å². The van der Waals surface area contributed by atoms with Crippen LogP contribution in [0.15, 0.2) is 22.4 Å². The van der Waals surface area contributed by atoms with E-state index in [0.717, 1.165) is 29.5 Å². The number of rotatable bonds is 4. The zero-order chi connectivity index (χ0) is 18.0. The van der Waals surface area contributed by atoms with Crippen LogP contribution in [-0.4, -0.2) is 56.1 Å². The van der Waals surface area contributed by atoms with Crippen LogP contribution in [-0.2, 0) is 14.4 Å². The van der Waals surface area contributed by atoms with E-state index in [1.54, 1.807) is 6.08 Å². The Bertz CT molecular complexity index is 745. The van der Waals surface area contributed by atoms with Gasteiger partial charge in [-0.05, 0) is 36.8 Å². The first-order valence-electron chi connectivity index (χ1n) is 7.78. The van der Waals surface area contributed by atoms with Crippen molar-refractivity contribution in [3.63, 3.8) is 0 Å². The molecule has 1 atom stereocenters. The molecule has 6 nitrogen and oxygen atoms in total. The standard InChI is InChI=1S/C16H16N2O4S3/c19-13(17-6-2-1-5-11(17)15(21)22)9-18-14(20)12(25-16(18)23)8-10-4-3-7-24-10/h3-4,7-8,11H,1-2,5-6,9H2,(H,21,22). The number of hydrogen-bond acceptors (Lipinski definition) is 6. The molecule has 9 heteroatoms. The van der Waals surface area contributed by atoms with Gasteiger partial charge in [-0.15, -0.1) is 11.3 Å². The number of carboxylic acids is 1. The summed E-state index contributed by atoms with van der Waals surface area (Å²) in [7, 11) is 0. The van der Waals surface area contributed by atoms with E-state index in [9.17, 15) is 19.5 Å². The molecule has 0 saturated carbocycles. The molecule has 0 radical (unpaired) electrons. The van der Waals surface area contributed by atoms with Gasteiger partial charge < -0.3 is 10.0 Å². The van der Waals surface area contributed by atoms with Gasteiger partial charge in [-0.3, -0.25) is 14.5 Å². The highest BCUT2D eigenvalue weighted by Gasteiger charge is 2.37. The topological polar surface area (TPSA) is 77.9 Å². The van der Waals surface area contributed by atoms with Crippen molar-refractivity contribution in [1.29, 1.82) is 0 Å². The maximum atomic E-state index is 12.6. The molecule has 132 valence electrons. The molecule has 1 aromatic heterocycles. The van der Waals surface area contributed by atoms with E-state index in [1.165, 1.54) is 21.1 Å². The highest BCUT2D eigenvalue weighted by molar-refractivity contribution is 8.26. The van der Waals surface area contributed by atoms with Gasteiger partial charge >= 0.3 is 5.97 Å². The van der Waals surface area contributed by atoms with E-state index >= 15 is 0 Å². The lowest BCUT2D eigenvalue weighted by molar-refractivity contribution is -0.152. The molecule has 1 unspecified atom stereocenters. The normalized spacial score (nSPS) is 22.7. The highest BCUT2D eigenvalue weighted by Crippen LogP contribution is 2.33. The Morgan fingerprint density at radius 3 is 2.88 bits per heavy atom. The van der Waals surface area contributed by atoms with Crippen LogP contribution in [0.5, 0.6) is 0 Å². The third kappa shape index (κ3) is 3.94. The average molecular weight is 397 g/mol. The summed E-state index contributed by atoms with van der Waals surface area (Å²) in [6.07, 6.45) is 3.75. The lowest BCUT2D eigenvalue weighted by Crippen LogP contribution is -2.51. The zero-order valence-corrected chi connectivity index (χ0v) is 15.7. The van der Waals surface area contributed by atoms with Crippen LogP contribution in [0, 0.1) is 0 Å². The molecular weight excluding hydrogens is 380 g/mol. The van der Waals surface area contributed by atoms with Gasteiger partial charge in [-0.25, -0.2) is 4.79 Å². The number of thiocarbonyl (C=S) groups is 1. The first kappa shape index (κ1) is 18.1. The van der Waals surface area contributed by atoms with Crippen LogP contribution in [0.1, 0.15) is 24.1 Å². The Morgan fingerprint density at radius 2 is 2.20 bits per heavy atom. The van der Waals surface area contributed by atoms with Crippen LogP contribution in [0.25, 0.3) is 6.08 Å². The molecule has 0 aliphatic carbocycles. The Balaban J connectivity index is 1.71. The molecule has 2 aliphatic rings. The number of aliphatic carboxylic acids is 1. The lowest BCUT2D eigenvalue weighted by Gasteiger charge is -2.33. The predicted octanol–water partition coefficient (Wildman–Crippen LogP) is 2.42. The van der Waals surface area contributed by atoms with Gasteiger partial charge in [0.15, 0.2) is 0 Å². The maximum Gasteiger partial charge on any atom is 0.326 e. The summed E-state index contributed by atoms with van der Waals surface area (Å²) >= 11 is 7.91. The van der Waals surface area contributed by atoms with Crippen molar-refractivity contribution in [3.8, 4) is 0 Å². The smallest absolute Gasteiger partial charge is 0.326 e. The fourth-order valence-corrected chi connectivity index (χ4v) is 4.83. The number of hydrogen-bond donors (Lipinski definition) is 1. The Morgan fingerprint density at radius 1 is 1.40 bits per heavy atom. The minimum absolute atomic E-state index is 0.212. The number of amides is 2. The van der Waals surface area contributed by atoms with Crippen molar-refractivity contribution in [1.82, 2.24) is 9.80 Å². The van der Waals surface area contributed by atoms with Gasteiger partial charge in [0.25, 0.3) is 5.91 Å². The zero-order valence-electron chi connectivity index (χ0n) is 13.2. The van der Waals surface area contributed by atoms with Crippen molar-refractivity contribution in [2.45, 2.75) is 25.3 Å². The second-order valence-corrected chi connectivity index (χ2v) is 8.38. The number of likely N-dealkylation sites (tertiary alicyclic amines) is 1. The first-order chi connectivity index (χ1) is 12.0. The number of piperidine rings is 1. The van der Waals surface area contributed by atoms with Crippen molar-refractivity contribution in [3.05, 3.63) is 27.3 Å². The van der Waals surface area contributed by atoms with E-state index in [1.807, 2.05) is 17.5 Å². The Labute approximate surface area is 158 Å². The molecule has 1 aromatic rings. The Kier molecular flexibility index (Phi) is 5.55.